The first-order valence-electron chi connectivity index (χ1n) is 8.35. The number of rotatable bonds is 4. The second-order valence-electron chi connectivity index (χ2n) is 6.33. The van der Waals surface area contributed by atoms with Crippen molar-refractivity contribution in [2.75, 3.05) is 13.2 Å². The molecule has 1 atom stereocenters. The molecule has 1 aromatic heterocycles. The molecule has 7 nitrogen and oxygen atoms in total. The molecule has 0 aliphatic carbocycles. The molecule has 1 amide bonds. The molecule has 0 unspecified atom stereocenters. The van der Waals surface area contributed by atoms with Crippen molar-refractivity contribution in [3.05, 3.63) is 69.1 Å². The zero-order valence-electron chi connectivity index (χ0n) is 14.4. The van der Waals surface area contributed by atoms with E-state index in [-0.39, 0.29) is 24.6 Å². The Morgan fingerprint density at radius 3 is 2.50 bits per heavy atom. The summed E-state index contributed by atoms with van der Waals surface area (Å²) in [5.41, 5.74) is 0.877. The maximum atomic E-state index is 12.9. The van der Waals surface area contributed by atoms with Gasteiger partial charge in [-0.05, 0) is 23.1 Å². The van der Waals surface area contributed by atoms with Crippen LogP contribution in [0.15, 0.2) is 41.3 Å². The molecule has 0 fully saturated rings. The summed E-state index contributed by atoms with van der Waals surface area (Å²) in [4.78, 5) is 37.9. The fourth-order valence-corrected chi connectivity index (χ4v) is 3.43. The number of amides is 1. The van der Waals surface area contributed by atoms with Crippen molar-refractivity contribution in [2.24, 2.45) is 0 Å². The first-order chi connectivity index (χ1) is 12.4. The van der Waals surface area contributed by atoms with Gasteiger partial charge in [0.2, 0.25) is 5.91 Å². The number of nitrogens with zero attached hydrogens (tertiary/aromatic N) is 2. The number of carboxylic acid groups (broad SMARTS) is 1. The molecular weight excluding hydrogens is 336 g/mol. The van der Waals surface area contributed by atoms with Crippen molar-refractivity contribution in [2.45, 2.75) is 25.9 Å². The van der Waals surface area contributed by atoms with E-state index >= 15 is 0 Å². The Balaban J connectivity index is 2.19. The molecule has 0 spiro atoms. The number of benzene rings is 1. The Morgan fingerprint density at radius 1 is 1.23 bits per heavy atom. The van der Waals surface area contributed by atoms with Gasteiger partial charge < -0.3 is 19.7 Å². The van der Waals surface area contributed by atoms with Crippen LogP contribution < -0.4 is 5.56 Å². The summed E-state index contributed by atoms with van der Waals surface area (Å²) >= 11 is 0. The van der Waals surface area contributed by atoms with E-state index < -0.39 is 17.6 Å². The van der Waals surface area contributed by atoms with E-state index in [2.05, 4.69) is 0 Å². The average Bonchev–Trinajstić information content (AvgIpc) is 2.62. The van der Waals surface area contributed by atoms with Crippen LogP contribution in [-0.4, -0.2) is 44.7 Å². The third kappa shape index (κ3) is 3.13. The lowest BCUT2D eigenvalue weighted by molar-refractivity contribution is -0.129. The van der Waals surface area contributed by atoms with Crippen LogP contribution in [0.25, 0.3) is 0 Å². The van der Waals surface area contributed by atoms with Gasteiger partial charge in [-0.3, -0.25) is 9.59 Å². The van der Waals surface area contributed by atoms with Crippen LogP contribution >= 0.6 is 0 Å². The topological polar surface area (TPSA) is 99.8 Å². The first kappa shape index (κ1) is 17.9. The lowest BCUT2D eigenvalue weighted by atomic mass is 9.95. The van der Waals surface area contributed by atoms with Crippen molar-refractivity contribution < 1.29 is 19.8 Å². The molecule has 0 saturated heterocycles. The van der Waals surface area contributed by atoms with Gasteiger partial charge in [0.05, 0.1) is 12.6 Å². The number of aliphatic hydroxyl groups is 1. The monoisotopic (exact) mass is 356 g/mol. The number of aromatic nitrogens is 1. The Morgan fingerprint density at radius 2 is 1.92 bits per heavy atom. The fraction of sp³-hybridized carbons (Fsp3) is 0.316. The molecule has 2 heterocycles. The van der Waals surface area contributed by atoms with Crippen molar-refractivity contribution in [1.82, 2.24) is 9.47 Å². The lowest BCUT2D eigenvalue weighted by Gasteiger charge is -2.30. The molecule has 7 heteroatoms. The highest BCUT2D eigenvalue weighted by molar-refractivity contribution is 5.89. The van der Waals surface area contributed by atoms with Crippen LogP contribution in [0, 0.1) is 0 Å². The van der Waals surface area contributed by atoms with Crippen molar-refractivity contribution >= 4 is 11.9 Å². The lowest BCUT2D eigenvalue weighted by Crippen LogP contribution is -2.40. The molecule has 0 bridgehead atoms. The fourth-order valence-electron chi connectivity index (χ4n) is 3.43. The smallest absolute Gasteiger partial charge is 0.341 e. The van der Waals surface area contributed by atoms with E-state index in [9.17, 15) is 24.6 Å². The molecule has 1 aromatic carbocycles. The summed E-state index contributed by atoms with van der Waals surface area (Å²) in [5, 5.41) is 19.4. The van der Waals surface area contributed by atoms with Gasteiger partial charge in [-0.15, -0.1) is 0 Å². The molecule has 0 radical (unpaired) electrons. The zero-order valence-corrected chi connectivity index (χ0v) is 14.4. The van der Waals surface area contributed by atoms with Gasteiger partial charge >= 0.3 is 5.97 Å². The summed E-state index contributed by atoms with van der Waals surface area (Å²) in [7, 11) is 0. The first-order valence-corrected chi connectivity index (χ1v) is 8.35. The summed E-state index contributed by atoms with van der Waals surface area (Å²) < 4.78 is 1.27. The molecule has 0 saturated carbocycles. The maximum absolute atomic E-state index is 12.9. The molecule has 2 N–H and O–H groups in total. The minimum Gasteiger partial charge on any atom is -0.477 e. The van der Waals surface area contributed by atoms with Crippen molar-refractivity contribution in [3.63, 3.8) is 0 Å². The number of aliphatic hydroxyl groups excluding tert-OH is 1. The second-order valence-corrected chi connectivity index (χ2v) is 6.33. The number of carbonyl (C=O) groups excluding carboxylic acids is 1. The number of hydrogen-bond acceptors (Lipinski definition) is 4. The minimum absolute atomic E-state index is 0.105. The van der Waals surface area contributed by atoms with Gasteiger partial charge in [0, 0.05) is 26.2 Å². The number of aromatic carboxylic acids is 1. The van der Waals surface area contributed by atoms with Crippen LogP contribution in [0.2, 0.25) is 0 Å². The minimum atomic E-state index is -1.29. The summed E-state index contributed by atoms with van der Waals surface area (Å²) in [6.45, 7) is 1.74. The van der Waals surface area contributed by atoms with E-state index in [1.165, 1.54) is 11.5 Å². The molecule has 136 valence electrons. The predicted molar refractivity (Wildman–Crippen MR) is 94.1 cm³/mol. The molecular formula is C19H20N2O5. The molecule has 26 heavy (non-hydrogen) atoms. The standard InChI is InChI=1S/C19H20N2O5/c1-12(23)20-8-7-15-14(9-20)10-21(18(24)17(15)19(25)26)16(11-22)13-5-3-2-4-6-13/h2-6,10,16,22H,7-9,11H2,1H3,(H,25,26)/t16-/m0/s1. The third-order valence-electron chi connectivity index (χ3n) is 4.78. The van der Waals surface area contributed by atoms with E-state index in [0.29, 0.717) is 29.7 Å². The van der Waals surface area contributed by atoms with E-state index in [4.69, 9.17) is 0 Å². The highest BCUT2D eigenvalue weighted by Crippen LogP contribution is 2.24. The van der Waals surface area contributed by atoms with Crippen molar-refractivity contribution in [1.29, 1.82) is 0 Å². The summed E-state index contributed by atoms with van der Waals surface area (Å²) in [6.07, 6.45) is 1.90. The largest absolute Gasteiger partial charge is 0.477 e. The normalized spacial score (nSPS) is 14.6. The molecule has 1 aliphatic heterocycles. The van der Waals surface area contributed by atoms with E-state index in [1.807, 2.05) is 6.07 Å². The Hall–Kier alpha value is -2.93. The number of hydrogen-bond donors (Lipinski definition) is 2. The van der Waals surface area contributed by atoms with Gasteiger partial charge in [0.1, 0.15) is 5.56 Å². The van der Waals surface area contributed by atoms with Crippen LogP contribution in [0.4, 0.5) is 0 Å². The van der Waals surface area contributed by atoms with Gasteiger partial charge in [-0.25, -0.2) is 4.79 Å². The Kier molecular flexibility index (Phi) is 4.90. The Bertz CT molecular complexity index is 904. The number of fused-ring (bicyclic) bond motifs is 1. The quantitative estimate of drug-likeness (QED) is 0.852. The number of pyridine rings is 1. The summed E-state index contributed by atoms with van der Waals surface area (Å²) in [6, 6.07) is 8.25. The predicted octanol–water partition coefficient (Wildman–Crippen LogP) is 1.03. The molecule has 3 rings (SSSR count). The van der Waals surface area contributed by atoms with Crippen LogP contribution in [0.5, 0.6) is 0 Å². The molecule has 2 aromatic rings. The van der Waals surface area contributed by atoms with Crippen molar-refractivity contribution in [3.8, 4) is 0 Å². The maximum Gasteiger partial charge on any atom is 0.341 e. The van der Waals surface area contributed by atoms with Crippen LogP contribution in [0.3, 0.4) is 0 Å². The van der Waals surface area contributed by atoms with E-state index in [1.54, 1.807) is 35.4 Å². The zero-order chi connectivity index (χ0) is 18.8. The van der Waals surface area contributed by atoms with Crippen LogP contribution in [0.1, 0.15) is 40.0 Å². The highest BCUT2D eigenvalue weighted by atomic mass is 16.4. The third-order valence-corrected chi connectivity index (χ3v) is 4.78. The number of carboxylic acids is 1. The Labute approximate surface area is 150 Å². The summed E-state index contributed by atoms with van der Waals surface area (Å²) in [5.74, 6) is -1.39. The van der Waals surface area contributed by atoms with Gasteiger partial charge in [0.25, 0.3) is 5.56 Å². The SMILES string of the molecule is CC(=O)N1CCc2c(cn([C@@H](CO)c3ccccc3)c(=O)c2C(=O)O)C1. The van der Waals surface area contributed by atoms with Gasteiger partial charge in [0.15, 0.2) is 0 Å². The van der Waals surface area contributed by atoms with Crippen LogP contribution in [-0.2, 0) is 17.8 Å². The van der Waals surface area contributed by atoms with E-state index in [0.717, 1.165) is 0 Å². The second kappa shape index (κ2) is 7.13. The van der Waals surface area contributed by atoms with Gasteiger partial charge in [-0.1, -0.05) is 30.3 Å². The molecule has 1 aliphatic rings. The highest BCUT2D eigenvalue weighted by Gasteiger charge is 2.28. The number of carbonyl (C=O) groups is 2. The average molecular weight is 356 g/mol. The van der Waals surface area contributed by atoms with Gasteiger partial charge in [-0.2, -0.15) is 0 Å².